The Balaban J connectivity index is 2.15. The summed E-state index contributed by atoms with van der Waals surface area (Å²) < 4.78 is 41.7. The average molecular weight is 403 g/mol. The van der Waals surface area contributed by atoms with Gasteiger partial charge in [-0.05, 0) is 42.0 Å². The van der Waals surface area contributed by atoms with Crippen molar-refractivity contribution in [3.8, 4) is 0 Å². The monoisotopic (exact) mass is 402 g/mol. The van der Waals surface area contributed by atoms with E-state index < -0.39 is 23.2 Å². The summed E-state index contributed by atoms with van der Waals surface area (Å²) in [5, 5.41) is 19.3. The molecule has 3 rings (SSSR count). The maximum Gasteiger partial charge on any atom is 0.137 e. The number of benzene rings is 2. The summed E-state index contributed by atoms with van der Waals surface area (Å²) in [5.41, 5.74) is -0.179. The van der Waals surface area contributed by atoms with E-state index in [0.717, 1.165) is 18.2 Å². The smallest absolute Gasteiger partial charge is 0.137 e. The lowest BCUT2D eigenvalue weighted by Gasteiger charge is -2.14. The van der Waals surface area contributed by atoms with Gasteiger partial charge in [-0.15, -0.1) is 0 Å². The molecule has 0 amide bonds. The van der Waals surface area contributed by atoms with Gasteiger partial charge < -0.3 is 5.11 Å². The predicted octanol–water partition coefficient (Wildman–Crippen LogP) is 5.73. The molecule has 0 saturated carbocycles. The summed E-state index contributed by atoms with van der Waals surface area (Å²) >= 11 is 5.76. The third-order valence-electron chi connectivity index (χ3n) is 4.08. The number of nitrogens with one attached hydrogen (secondary N) is 1. The predicted molar refractivity (Wildman–Crippen MR) is 102 cm³/mol. The first-order valence-electron chi connectivity index (χ1n) is 8.17. The second-order valence-corrected chi connectivity index (χ2v) is 6.42. The fourth-order valence-electron chi connectivity index (χ4n) is 2.70. The topological polar surface area (TPSA) is 57.0 Å². The maximum atomic E-state index is 14.3. The van der Waals surface area contributed by atoms with E-state index >= 15 is 0 Å². The van der Waals surface area contributed by atoms with Crippen LogP contribution in [0.25, 0.3) is 5.76 Å². The van der Waals surface area contributed by atoms with Crippen LogP contribution in [-0.4, -0.2) is 15.8 Å². The Morgan fingerprint density at radius 1 is 1.00 bits per heavy atom. The number of pyridine rings is 1. The number of rotatable bonds is 5. The minimum atomic E-state index is -0.995. The van der Waals surface area contributed by atoms with E-state index in [0.29, 0.717) is 11.6 Å². The molecule has 0 saturated heterocycles. The fourth-order valence-corrected chi connectivity index (χ4v) is 2.85. The summed E-state index contributed by atoms with van der Waals surface area (Å²) in [5.74, 6) is -3.14. The second-order valence-electron chi connectivity index (χ2n) is 5.99. The van der Waals surface area contributed by atoms with Crippen molar-refractivity contribution in [1.29, 1.82) is 5.41 Å². The zero-order chi connectivity index (χ0) is 20.3. The molecule has 0 unspecified atom stereocenters. The molecule has 2 aromatic carbocycles. The molecule has 142 valence electrons. The van der Waals surface area contributed by atoms with Crippen molar-refractivity contribution < 1.29 is 18.3 Å². The van der Waals surface area contributed by atoms with Crippen LogP contribution >= 0.6 is 11.6 Å². The summed E-state index contributed by atoms with van der Waals surface area (Å²) in [6, 6.07) is 9.80. The molecule has 0 fully saturated rings. The minimum absolute atomic E-state index is 0.0165. The van der Waals surface area contributed by atoms with Gasteiger partial charge >= 0.3 is 0 Å². The maximum absolute atomic E-state index is 14.3. The van der Waals surface area contributed by atoms with Crippen molar-refractivity contribution in [2.75, 3.05) is 0 Å². The number of nitrogens with zero attached hydrogens (tertiary/aromatic N) is 1. The van der Waals surface area contributed by atoms with Gasteiger partial charge in [0.2, 0.25) is 0 Å². The Morgan fingerprint density at radius 3 is 2.36 bits per heavy atom. The molecule has 0 bridgehead atoms. The second kappa shape index (κ2) is 8.27. The van der Waals surface area contributed by atoms with Crippen molar-refractivity contribution >= 4 is 23.1 Å². The average Bonchev–Trinajstić information content (AvgIpc) is 2.66. The molecule has 1 aromatic heterocycles. The minimum Gasteiger partial charge on any atom is -0.507 e. The van der Waals surface area contributed by atoms with Crippen LogP contribution in [0.4, 0.5) is 13.2 Å². The summed E-state index contributed by atoms with van der Waals surface area (Å²) in [6.45, 7) is 0. The molecule has 3 nitrogen and oxygen atoms in total. The first kappa shape index (κ1) is 19.6. The number of allylic oxidation sites excluding steroid dienone is 1. The third kappa shape index (κ3) is 4.23. The number of hydrogen-bond acceptors (Lipinski definition) is 3. The van der Waals surface area contributed by atoms with E-state index in [-0.39, 0.29) is 33.9 Å². The van der Waals surface area contributed by atoms with Crippen molar-refractivity contribution in [3.63, 3.8) is 0 Å². The zero-order valence-electron chi connectivity index (χ0n) is 14.4. The fraction of sp³-hybridized carbons (Fsp3) is 0.0476. The zero-order valence-corrected chi connectivity index (χ0v) is 15.1. The van der Waals surface area contributed by atoms with Gasteiger partial charge in [-0.2, -0.15) is 0 Å². The quantitative estimate of drug-likeness (QED) is 0.423. The van der Waals surface area contributed by atoms with E-state index in [1.807, 2.05) is 0 Å². The van der Waals surface area contributed by atoms with Crippen LogP contribution < -0.4 is 0 Å². The van der Waals surface area contributed by atoms with Crippen LogP contribution in [0.15, 0.2) is 66.5 Å². The Bertz CT molecular complexity index is 1070. The Morgan fingerprint density at radius 2 is 1.71 bits per heavy atom. The highest BCUT2D eigenvalue weighted by molar-refractivity contribution is 6.30. The van der Waals surface area contributed by atoms with Gasteiger partial charge in [-0.1, -0.05) is 17.7 Å². The number of aromatic nitrogens is 1. The lowest BCUT2D eigenvalue weighted by Crippen LogP contribution is -2.12. The molecular formula is C21H14ClF3N2O. The lowest BCUT2D eigenvalue weighted by molar-refractivity contribution is 0.496. The molecule has 1 heterocycles. The van der Waals surface area contributed by atoms with Crippen LogP contribution in [0.5, 0.6) is 0 Å². The number of hydrogen-bond donors (Lipinski definition) is 2. The normalized spacial score (nSPS) is 11.9. The van der Waals surface area contributed by atoms with Crippen molar-refractivity contribution in [1.82, 2.24) is 4.98 Å². The van der Waals surface area contributed by atoms with Gasteiger partial charge in [0, 0.05) is 41.0 Å². The molecule has 3 aromatic rings. The summed E-state index contributed by atoms with van der Waals surface area (Å²) in [6.07, 6.45) is 3.05. The summed E-state index contributed by atoms with van der Waals surface area (Å²) in [7, 11) is 0. The van der Waals surface area contributed by atoms with Crippen molar-refractivity contribution in [3.05, 3.63) is 106 Å². The van der Waals surface area contributed by atoms with E-state index in [1.165, 1.54) is 18.3 Å². The molecule has 0 aliphatic carbocycles. The first-order chi connectivity index (χ1) is 13.4. The van der Waals surface area contributed by atoms with E-state index in [2.05, 4.69) is 4.98 Å². The highest BCUT2D eigenvalue weighted by atomic mass is 35.5. The first-order valence-corrected chi connectivity index (χ1v) is 8.55. The number of halogens is 4. The van der Waals surface area contributed by atoms with Crippen LogP contribution in [0.1, 0.15) is 16.7 Å². The Labute approximate surface area is 164 Å². The van der Waals surface area contributed by atoms with Crippen LogP contribution in [0.2, 0.25) is 5.02 Å². The third-order valence-corrected chi connectivity index (χ3v) is 4.31. The van der Waals surface area contributed by atoms with Gasteiger partial charge in [-0.25, -0.2) is 13.2 Å². The highest BCUT2D eigenvalue weighted by Crippen LogP contribution is 2.27. The van der Waals surface area contributed by atoms with E-state index in [9.17, 15) is 18.3 Å². The van der Waals surface area contributed by atoms with Crippen LogP contribution in [-0.2, 0) is 6.42 Å². The number of aliphatic hydroxyl groups is 1. The molecular weight excluding hydrogens is 389 g/mol. The molecule has 0 radical (unpaired) electrons. The molecule has 28 heavy (non-hydrogen) atoms. The van der Waals surface area contributed by atoms with Crippen molar-refractivity contribution in [2.24, 2.45) is 0 Å². The van der Waals surface area contributed by atoms with Gasteiger partial charge in [0.25, 0.3) is 0 Å². The van der Waals surface area contributed by atoms with Crippen molar-refractivity contribution in [2.45, 2.75) is 6.42 Å². The Kier molecular flexibility index (Phi) is 5.80. The van der Waals surface area contributed by atoms with Gasteiger partial charge in [-0.3, -0.25) is 10.4 Å². The molecule has 0 spiro atoms. The van der Waals surface area contributed by atoms with Gasteiger partial charge in [0.05, 0.1) is 11.3 Å². The molecule has 7 heteroatoms. The van der Waals surface area contributed by atoms with Gasteiger partial charge in [0.1, 0.15) is 23.2 Å². The Hall–Kier alpha value is -3.12. The lowest BCUT2D eigenvalue weighted by atomic mass is 9.93. The highest BCUT2D eigenvalue weighted by Gasteiger charge is 2.21. The van der Waals surface area contributed by atoms with E-state index in [4.69, 9.17) is 17.0 Å². The molecule has 0 aliphatic heterocycles. The molecule has 2 N–H and O–H groups in total. The van der Waals surface area contributed by atoms with Gasteiger partial charge in [0.15, 0.2) is 0 Å². The molecule has 0 aliphatic rings. The largest absolute Gasteiger partial charge is 0.507 e. The van der Waals surface area contributed by atoms with E-state index in [1.54, 1.807) is 18.3 Å². The standard InChI is InChI=1S/C21H14ClF3N2O/c22-13-3-5-15(18(24)9-13)20(26)17(8-12-2-1-7-27-11-12)21(28)16-6-4-14(23)10-19(16)25/h1-7,9-11,26,28H,8H2/b21-17-,26-20?. The summed E-state index contributed by atoms with van der Waals surface area (Å²) in [4.78, 5) is 3.97. The van der Waals surface area contributed by atoms with Crippen LogP contribution in [0.3, 0.4) is 0 Å². The van der Waals surface area contributed by atoms with Crippen LogP contribution in [0, 0.1) is 22.9 Å². The number of aliphatic hydroxyl groups excluding tert-OH is 1. The SMILES string of the molecule is N=C(/C(Cc1cccnc1)=C(\O)c1ccc(F)cc1F)c1ccc(Cl)cc1F. The molecule has 0 atom stereocenters.